The van der Waals surface area contributed by atoms with E-state index in [-0.39, 0.29) is 11.7 Å². The Morgan fingerprint density at radius 1 is 0.943 bits per heavy atom. The summed E-state index contributed by atoms with van der Waals surface area (Å²) in [5.41, 5.74) is 3.48. The second-order valence-corrected chi connectivity index (χ2v) is 9.69. The summed E-state index contributed by atoms with van der Waals surface area (Å²) in [6, 6.07) is 23.4. The number of hydrogen-bond acceptors (Lipinski definition) is 5. The molecule has 0 fully saturated rings. The molecule has 1 aromatic heterocycles. The van der Waals surface area contributed by atoms with E-state index in [1.165, 1.54) is 0 Å². The van der Waals surface area contributed by atoms with E-state index < -0.39 is 10.0 Å². The van der Waals surface area contributed by atoms with E-state index >= 15 is 0 Å². The highest BCUT2D eigenvalue weighted by atomic mass is 32.2. The summed E-state index contributed by atoms with van der Waals surface area (Å²) < 4.78 is 33.4. The number of sulfonamides is 1. The molecule has 8 nitrogen and oxygen atoms in total. The normalized spacial score (nSPS) is 11.1. The van der Waals surface area contributed by atoms with Crippen molar-refractivity contribution in [3.63, 3.8) is 0 Å². The fourth-order valence-electron chi connectivity index (χ4n) is 3.53. The van der Waals surface area contributed by atoms with Crippen LogP contribution in [0.4, 0.5) is 11.4 Å². The monoisotopic (exact) mass is 490 g/mol. The van der Waals surface area contributed by atoms with Gasteiger partial charge in [-0.05, 0) is 67.1 Å². The van der Waals surface area contributed by atoms with Gasteiger partial charge in [0, 0.05) is 23.1 Å². The van der Waals surface area contributed by atoms with Crippen molar-refractivity contribution in [3.05, 3.63) is 90.6 Å². The van der Waals surface area contributed by atoms with Gasteiger partial charge in [-0.1, -0.05) is 25.1 Å². The molecule has 9 heteroatoms. The zero-order valence-corrected chi connectivity index (χ0v) is 20.2. The highest BCUT2D eigenvalue weighted by Crippen LogP contribution is 2.27. The van der Waals surface area contributed by atoms with E-state index in [9.17, 15) is 13.2 Å². The van der Waals surface area contributed by atoms with Crippen molar-refractivity contribution in [2.24, 2.45) is 0 Å². The Kier molecular flexibility index (Phi) is 7.17. The molecule has 0 unspecified atom stereocenters. The number of nitrogens with zero attached hydrogens (tertiary/aromatic N) is 2. The van der Waals surface area contributed by atoms with E-state index in [2.05, 4.69) is 15.1 Å². The molecule has 0 aliphatic rings. The molecule has 180 valence electrons. The topological polar surface area (TPSA) is 102 Å². The van der Waals surface area contributed by atoms with Gasteiger partial charge in [0.2, 0.25) is 10.0 Å². The molecule has 0 atom stereocenters. The Balaban J connectivity index is 1.61. The van der Waals surface area contributed by atoms with Crippen LogP contribution in [0.25, 0.3) is 16.9 Å². The molecule has 3 aromatic carbocycles. The maximum atomic E-state index is 13.3. The molecular formula is C26H26N4O4S. The Labute approximate surface area is 204 Å². The van der Waals surface area contributed by atoms with Crippen molar-refractivity contribution >= 4 is 27.3 Å². The number of amides is 1. The predicted octanol–water partition coefficient (Wildman–Crippen LogP) is 4.95. The summed E-state index contributed by atoms with van der Waals surface area (Å²) in [7, 11) is -1.79. The molecule has 35 heavy (non-hydrogen) atoms. The van der Waals surface area contributed by atoms with Crippen LogP contribution in [0.3, 0.4) is 0 Å². The molecule has 4 aromatic rings. The van der Waals surface area contributed by atoms with E-state index in [0.29, 0.717) is 34.8 Å². The van der Waals surface area contributed by atoms with Crippen LogP contribution in [0.2, 0.25) is 0 Å². The molecule has 0 aliphatic heterocycles. The number of aromatic nitrogens is 2. The Hall–Kier alpha value is -4.11. The predicted molar refractivity (Wildman–Crippen MR) is 138 cm³/mol. The molecule has 0 radical (unpaired) electrons. The van der Waals surface area contributed by atoms with Gasteiger partial charge in [0.05, 0.1) is 24.1 Å². The average Bonchev–Trinajstić information content (AvgIpc) is 3.31. The Bertz CT molecular complexity index is 1400. The van der Waals surface area contributed by atoms with Gasteiger partial charge in [-0.2, -0.15) is 5.10 Å². The van der Waals surface area contributed by atoms with E-state index in [1.807, 2.05) is 54.6 Å². The lowest BCUT2D eigenvalue weighted by Crippen LogP contribution is -2.16. The van der Waals surface area contributed by atoms with Crippen LogP contribution in [0.15, 0.2) is 85.1 Å². The van der Waals surface area contributed by atoms with E-state index in [4.69, 9.17) is 4.74 Å². The van der Waals surface area contributed by atoms with Crippen LogP contribution >= 0.6 is 0 Å². The van der Waals surface area contributed by atoms with Crippen molar-refractivity contribution in [2.45, 2.75) is 13.3 Å². The quantitative estimate of drug-likeness (QED) is 0.346. The van der Waals surface area contributed by atoms with Gasteiger partial charge >= 0.3 is 0 Å². The molecule has 2 N–H and O–H groups in total. The first-order chi connectivity index (χ1) is 16.9. The fourth-order valence-corrected chi connectivity index (χ4v) is 4.67. The Morgan fingerprint density at radius 2 is 1.60 bits per heavy atom. The van der Waals surface area contributed by atoms with Crippen molar-refractivity contribution < 1.29 is 17.9 Å². The highest BCUT2D eigenvalue weighted by molar-refractivity contribution is 7.92. The van der Waals surface area contributed by atoms with Crippen LogP contribution in [-0.2, 0) is 10.0 Å². The number of benzene rings is 3. The van der Waals surface area contributed by atoms with Gasteiger partial charge in [0.15, 0.2) is 0 Å². The Morgan fingerprint density at radius 3 is 2.23 bits per heavy atom. The average molecular weight is 491 g/mol. The minimum absolute atomic E-state index is 0.0467. The number of carbonyl (C=O) groups excluding carboxylic acids is 1. The molecule has 1 amide bonds. The molecule has 0 aliphatic carbocycles. The lowest BCUT2D eigenvalue weighted by molar-refractivity contribution is 0.102. The summed E-state index contributed by atoms with van der Waals surface area (Å²) in [4.78, 5) is 13.3. The van der Waals surface area contributed by atoms with Crippen molar-refractivity contribution in [1.29, 1.82) is 0 Å². The number of carbonyl (C=O) groups is 1. The lowest BCUT2D eigenvalue weighted by Gasteiger charge is -2.09. The molecular weight excluding hydrogens is 464 g/mol. The second-order valence-electron chi connectivity index (χ2n) is 7.85. The maximum absolute atomic E-state index is 13.3. The standard InChI is InChI=1S/C26H26N4O4S/c1-3-17-35(32,33)29-21-13-11-20(12-14-21)27-26(31)24-18-30(22-7-5-4-6-8-22)28-25(24)19-9-15-23(34-2)16-10-19/h4-16,18,29H,3,17H2,1-2H3,(H,27,31). The number of methoxy groups -OCH3 is 1. The van der Waals surface area contributed by atoms with Crippen molar-refractivity contribution in [3.8, 4) is 22.7 Å². The van der Waals surface area contributed by atoms with Gasteiger partial charge < -0.3 is 10.1 Å². The molecule has 0 saturated carbocycles. The molecule has 0 bridgehead atoms. The zero-order chi connectivity index (χ0) is 24.8. The summed E-state index contributed by atoms with van der Waals surface area (Å²) in [5, 5.41) is 7.56. The third-order valence-electron chi connectivity index (χ3n) is 5.23. The van der Waals surface area contributed by atoms with Crippen LogP contribution in [-0.4, -0.2) is 37.0 Å². The maximum Gasteiger partial charge on any atom is 0.259 e. The lowest BCUT2D eigenvalue weighted by atomic mass is 10.1. The van der Waals surface area contributed by atoms with Gasteiger partial charge in [-0.15, -0.1) is 0 Å². The van der Waals surface area contributed by atoms with Crippen molar-refractivity contribution in [1.82, 2.24) is 9.78 Å². The zero-order valence-electron chi connectivity index (χ0n) is 19.4. The van der Waals surface area contributed by atoms with E-state index in [0.717, 1.165) is 11.3 Å². The molecule has 1 heterocycles. The fraction of sp³-hybridized carbons (Fsp3) is 0.154. The summed E-state index contributed by atoms with van der Waals surface area (Å²) in [6.45, 7) is 1.80. The first kappa shape index (κ1) is 24.0. The van der Waals surface area contributed by atoms with Crippen LogP contribution in [0.1, 0.15) is 23.7 Å². The first-order valence-corrected chi connectivity index (χ1v) is 12.7. The molecule has 4 rings (SSSR count). The smallest absolute Gasteiger partial charge is 0.259 e. The number of nitrogens with one attached hydrogen (secondary N) is 2. The van der Waals surface area contributed by atoms with Gasteiger partial charge in [0.1, 0.15) is 11.4 Å². The molecule has 0 spiro atoms. The minimum atomic E-state index is -3.39. The second kappa shape index (κ2) is 10.4. The summed E-state index contributed by atoms with van der Waals surface area (Å²) in [6.07, 6.45) is 2.22. The number of anilines is 2. The van der Waals surface area contributed by atoms with Crippen LogP contribution in [0.5, 0.6) is 5.75 Å². The summed E-state index contributed by atoms with van der Waals surface area (Å²) in [5.74, 6) is 0.416. The number of ether oxygens (including phenoxy) is 1. The summed E-state index contributed by atoms with van der Waals surface area (Å²) >= 11 is 0. The van der Waals surface area contributed by atoms with Gasteiger partial charge in [-0.25, -0.2) is 13.1 Å². The number of hydrogen-bond donors (Lipinski definition) is 2. The SMILES string of the molecule is CCCS(=O)(=O)Nc1ccc(NC(=O)c2cn(-c3ccccc3)nc2-c2ccc(OC)cc2)cc1. The highest BCUT2D eigenvalue weighted by Gasteiger charge is 2.19. The third-order valence-corrected chi connectivity index (χ3v) is 6.72. The molecule has 0 saturated heterocycles. The van der Waals surface area contributed by atoms with Gasteiger partial charge in [-0.3, -0.25) is 9.52 Å². The number of rotatable bonds is 9. The first-order valence-electron chi connectivity index (χ1n) is 11.1. The van der Waals surface area contributed by atoms with Gasteiger partial charge in [0.25, 0.3) is 5.91 Å². The largest absolute Gasteiger partial charge is 0.497 e. The van der Waals surface area contributed by atoms with Crippen molar-refractivity contribution in [2.75, 3.05) is 22.9 Å². The van der Waals surface area contributed by atoms with E-state index in [1.54, 1.807) is 49.2 Å². The van der Waals surface area contributed by atoms with Crippen LogP contribution in [0, 0.1) is 0 Å². The minimum Gasteiger partial charge on any atom is -0.497 e. The van der Waals surface area contributed by atoms with Crippen LogP contribution < -0.4 is 14.8 Å². The number of para-hydroxylation sites is 1. The third kappa shape index (κ3) is 5.88.